The van der Waals surface area contributed by atoms with E-state index in [4.69, 9.17) is 5.73 Å². The van der Waals surface area contributed by atoms with Gasteiger partial charge in [0.05, 0.1) is 0 Å². The second kappa shape index (κ2) is 7.00. The number of nitrogens with zero attached hydrogens (tertiary/aromatic N) is 1. The molecule has 0 atom stereocenters. The Bertz CT molecular complexity index is 435. The number of amides is 1. The maximum atomic E-state index is 11.9. The lowest BCUT2D eigenvalue weighted by Crippen LogP contribution is -2.23. The van der Waals surface area contributed by atoms with E-state index in [1.54, 1.807) is 0 Å². The molecule has 0 saturated carbocycles. The molecule has 0 aliphatic rings. The summed E-state index contributed by atoms with van der Waals surface area (Å²) in [6.07, 6.45) is 2.95. The molecule has 0 aliphatic heterocycles. The zero-order chi connectivity index (χ0) is 13.5. The number of thiazole rings is 1. The third-order valence-corrected chi connectivity index (χ3v) is 3.19. The highest BCUT2D eigenvalue weighted by Gasteiger charge is 2.15. The standard InChI is InChI=1S/C12H20N4OS/c1-4-6-15-12-16-10(13)9(18-12)11(17)14-7-5-8(2)3/h5H,4,6-7,13H2,1-3H3,(H,14,17)(H,15,16). The molecule has 0 unspecified atom stereocenters. The van der Waals surface area contributed by atoms with Crippen molar-refractivity contribution < 1.29 is 4.79 Å². The first-order valence-electron chi connectivity index (χ1n) is 5.96. The molecule has 1 rings (SSSR count). The smallest absolute Gasteiger partial charge is 0.265 e. The van der Waals surface area contributed by atoms with E-state index in [0.29, 0.717) is 16.6 Å². The molecule has 100 valence electrons. The fraction of sp³-hybridized carbons (Fsp3) is 0.500. The monoisotopic (exact) mass is 268 g/mol. The summed E-state index contributed by atoms with van der Waals surface area (Å²) < 4.78 is 0. The molecule has 0 aromatic carbocycles. The average molecular weight is 268 g/mol. The van der Waals surface area contributed by atoms with E-state index in [2.05, 4.69) is 22.5 Å². The summed E-state index contributed by atoms with van der Waals surface area (Å²) in [6, 6.07) is 0. The van der Waals surface area contributed by atoms with Crippen molar-refractivity contribution >= 4 is 28.2 Å². The summed E-state index contributed by atoms with van der Waals surface area (Å²) in [6.45, 7) is 7.37. The molecule has 0 spiro atoms. The molecular formula is C12H20N4OS. The van der Waals surface area contributed by atoms with Crippen LogP contribution in [0.5, 0.6) is 0 Å². The van der Waals surface area contributed by atoms with Gasteiger partial charge in [0.15, 0.2) is 5.13 Å². The molecule has 0 radical (unpaired) electrons. The van der Waals surface area contributed by atoms with Gasteiger partial charge in [0.25, 0.3) is 5.91 Å². The summed E-state index contributed by atoms with van der Waals surface area (Å²) in [5.41, 5.74) is 6.89. The van der Waals surface area contributed by atoms with Gasteiger partial charge in [0.2, 0.25) is 0 Å². The highest BCUT2D eigenvalue weighted by molar-refractivity contribution is 7.18. The van der Waals surface area contributed by atoms with Crippen molar-refractivity contribution in [3.63, 3.8) is 0 Å². The third kappa shape index (κ3) is 4.37. The molecule has 1 amide bonds. The van der Waals surface area contributed by atoms with Crippen LogP contribution in [0.15, 0.2) is 11.6 Å². The predicted octanol–water partition coefficient (Wildman–Crippen LogP) is 2.24. The molecule has 6 heteroatoms. The molecular weight excluding hydrogens is 248 g/mol. The minimum absolute atomic E-state index is 0.174. The van der Waals surface area contributed by atoms with Crippen molar-refractivity contribution in [2.75, 3.05) is 24.1 Å². The van der Waals surface area contributed by atoms with Crippen LogP contribution in [0.25, 0.3) is 0 Å². The number of nitrogens with one attached hydrogen (secondary N) is 2. The van der Waals surface area contributed by atoms with Gasteiger partial charge in [0.1, 0.15) is 10.7 Å². The lowest BCUT2D eigenvalue weighted by atomic mass is 10.3. The number of nitrogen functional groups attached to an aromatic ring is 1. The summed E-state index contributed by atoms with van der Waals surface area (Å²) in [5, 5.41) is 6.60. The molecule has 1 aromatic rings. The van der Waals surface area contributed by atoms with Crippen LogP contribution in [-0.4, -0.2) is 24.0 Å². The Kier molecular flexibility index (Phi) is 5.64. The van der Waals surface area contributed by atoms with Crippen molar-refractivity contribution in [1.29, 1.82) is 0 Å². The maximum Gasteiger partial charge on any atom is 0.265 e. The van der Waals surface area contributed by atoms with E-state index >= 15 is 0 Å². The second-order valence-corrected chi connectivity index (χ2v) is 5.15. The zero-order valence-corrected chi connectivity index (χ0v) is 11.9. The molecule has 0 aliphatic carbocycles. The lowest BCUT2D eigenvalue weighted by Gasteiger charge is -2.00. The van der Waals surface area contributed by atoms with Crippen LogP contribution in [0.1, 0.15) is 36.9 Å². The number of rotatable bonds is 6. The van der Waals surface area contributed by atoms with Gasteiger partial charge in [0, 0.05) is 13.1 Å². The van der Waals surface area contributed by atoms with Gasteiger partial charge >= 0.3 is 0 Å². The maximum absolute atomic E-state index is 11.9. The van der Waals surface area contributed by atoms with Crippen LogP contribution in [0.2, 0.25) is 0 Å². The molecule has 18 heavy (non-hydrogen) atoms. The fourth-order valence-electron chi connectivity index (χ4n) is 1.23. The normalized spacial score (nSPS) is 9.94. The molecule has 1 aromatic heterocycles. The Morgan fingerprint density at radius 3 is 2.83 bits per heavy atom. The second-order valence-electron chi connectivity index (χ2n) is 4.15. The molecule has 1 heterocycles. The fourth-order valence-corrected chi connectivity index (χ4v) is 2.06. The Morgan fingerprint density at radius 2 is 2.22 bits per heavy atom. The molecule has 0 fully saturated rings. The van der Waals surface area contributed by atoms with E-state index in [1.165, 1.54) is 11.3 Å². The van der Waals surface area contributed by atoms with Crippen LogP contribution in [0.3, 0.4) is 0 Å². The van der Waals surface area contributed by atoms with Crippen LogP contribution in [-0.2, 0) is 0 Å². The number of hydrogen-bond acceptors (Lipinski definition) is 5. The number of carbonyl (C=O) groups is 1. The van der Waals surface area contributed by atoms with Crippen LogP contribution >= 0.6 is 11.3 Å². The highest BCUT2D eigenvalue weighted by atomic mass is 32.1. The minimum Gasteiger partial charge on any atom is -0.382 e. The molecule has 0 bridgehead atoms. The van der Waals surface area contributed by atoms with Crippen molar-refractivity contribution in [1.82, 2.24) is 10.3 Å². The first-order chi connectivity index (χ1) is 8.54. The van der Waals surface area contributed by atoms with Crippen molar-refractivity contribution in [2.45, 2.75) is 27.2 Å². The lowest BCUT2D eigenvalue weighted by molar-refractivity contribution is 0.0962. The number of anilines is 2. The molecule has 4 N–H and O–H groups in total. The van der Waals surface area contributed by atoms with Gasteiger partial charge in [-0.25, -0.2) is 4.98 Å². The van der Waals surface area contributed by atoms with Gasteiger partial charge in [-0.3, -0.25) is 4.79 Å². The summed E-state index contributed by atoms with van der Waals surface area (Å²) in [7, 11) is 0. The third-order valence-electron chi connectivity index (χ3n) is 2.16. The first-order valence-corrected chi connectivity index (χ1v) is 6.78. The molecule has 5 nitrogen and oxygen atoms in total. The van der Waals surface area contributed by atoms with Crippen LogP contribution < -0.4 is 16.4 Å². The van der Waals surface area contributed by atoms with Crippen LogP contribution in [0, 0.1) is 0 Å². The zero-order valence-electron chi connectivity index (χ0n) is 11.0. The first kappa shape index (κ1) is 14.5. The van der Waals surface area contributed by atoms with E-state index in [0.717, 1.165) is 18.5 Å². The van der Waals surface area contributed by atoms with E-state index < -0.39 is 0 Å². The Balaban J connectivity index is 2.62. The highest BCUT2D eigenvalue weighted by Crippen LogP contribution is 2.24. The Labute approximate surface area is 111 Å². The Hall–Kier alpha value is -1.56. The van der Waals surface area contributed by atoms with Gasteiger partial charge in [-0.05, 0) is 20.3 Å². The number of allylic oxidation sites excluding steroid dienone is 1. The van der Waals surface area contributed by atoms with E-state index in [-0.39, 0.29) is 11.7 Å². The van der Waals surface area contributed by atoms with Crippen LogP contribution in [0.4, 0.5) is 10.9 Å². The van der Waals surface area contributed by atoms with E-state index in [9.17, 15) is 4.79 Å². The van der Waals surface area contributed by atoms with Gasteiger partial charge < -0.3 is 16.4 Å². The number of hydrogen-bond donors (Lipinski definition) is 3. The largest absolute Gasteiger partial charge is 0.382 e. The van der Waals surface area contributed by atoms with Gasteiger partial charge in [-0.15, -0.1) is 0 Å². The number of aromatic nitrogens is 1. The Morgan fingerprint density at radius 1 is 1.50 bits per heavy atom. The summed E-state index contributed by atoms with van der Waals surface area (Å²) in [4.78, 5) is 16.4. The van der Waals surface area contributed by atoms with Crippen molar-refractivity contribution in [2.24, 2.45) is 0 Å². The predicted molar refractivity (Wildman–Crippen MR) is 77.1 cm³/mol. The topological polar surface area (TPSA) is 80.0 Å². The van der Waals surface area contributed by atoms with E-state index in [1.807, 2.05) is 19.9 Å². The van der Waals surface area contributed by atoms with Crippen molar-refractivity contribution in [3.8, 4) is 0 Å². The summed E-state index contributed by atoms with van der Waals surface area (Å²) >= 11 is 1.29. The SMILES string of the molecule is CCCNc1nc(N)c(C(=O)NCC=C(C)C)s1. The summed E-state index contributed by atoms with van der Waals surface area (Å²) in [5.74, 6) is 0.111. The molecule has 0 saturated heterocycles. The number of nitrogens with two attached hydrogens (primary N) is 1. The van der Waals surface area contributed by atoms with Gasteiger partial charge in [-0.1, -0.05) is 29.9 Å². The van der Waals surface area contributed by atoms with Gasteiger partial charge in [-0.2, -0.15) is 0 Å². The average Bonchev–Trinajstić information content (AvgIpc) is 2.67. The van der Waals surface area contributed by atoms with Crippen molar-refractivity contribution in [3.05, 3.63) is 16.5 Å². The quantitative estimate of drug-likeness (QED) is 0.691. The minimum atomic E-state index is -0.174. The number of carbonyl (C=O) groups excluding carboxylic acids is 1.